The minimum Gasteiger partial charge on any atom is -0.484 e. The van der Waals surface area contributed by atoms with Gasteiger partial charge in [0.15, 0.2) is 6.61 Å². The smallest absolute Gasteiger partial charge is 0.260 e. The van der Waals surface area contributed by atoms with Gasteiger partial charge in [-0.15, -0.1) is 0 Å². The van der Waals surface area contributed by atoms with Crippen LogP contribution in [0, 0.1) is 5.92 Å². The van der Waals surface area contributed by atoms with E-state index >= 15 is 0 Å². The molecule has 0 aromatic heterocycles. The van der Waals surface area contributed by atoms with E-state index in [1.807, 2.05) is 19.0 Å². The van der Waals surface area contributed by atoms with Crippen molar-refractivity contribution in [2.75, 3.05) is 40.3 Å². The minimum absolute atomic E-state index is 0.00924. The summed E-state index contributed by atoms with van der Waals surface area (Å²) in [6, 6.07) is 7.06. The predicted molar refractivity (Wildman–Crippen MR) is 94.8 cm³/mol. The first kappa shape index (κ1) is 20.0. The maximum Gasteiger partial charge on any atom is 0.260 e. The molecule has 0 atom stereocenters. The average molecular weight is 335 g/mol. The number of carbonyl (C=O) groups excluding carboxylic acids is 2. The van der Waals surface area contributed by atoms with Crippen LogP contribution in [-0.2, 0) is 16.0 Å². The maximum absolute atomic E-state index is 12.4. The fraction of sp³-hybridized carbons (Fsp3) is 0.556. The molecular formula is C18H29N3O3. The second kappa shape index (κ2) is 9.93. The second-order valence-electron chi connectivity index (χ2n) is 6.61. The molecule has 0 saturated carbocycles. The zero-order valence-electron chi connectivity index (χ0n) is 15.1. The Hall–Kier alpha value is -2.08. The Kier molecular flexibility index (Phi) is 8.26. The Balaban J connectivity index is 2.55. The number of benzene rings is 1. The van der Waals surface area contributed by atoms with Gasteiger partial charge in [-0.05, 0) is 37.7 Å². The highest BCUT2D eigenvalue weighted by Crippen LogP contribution is 2.13. The first-order valence-corrected chi connectivity index (χ1v) is 8.20. The van der Waals surface area contributed by atoms with E-state index in [1.165, 1.54) is 0 Å². The molecule has 0 bridgehead atoms. The van der Waals surface area contributed by atoms with E-state index in [0.717, 1.165) is 12.1 Å². The number of hydrogen-bond donors (Lipinski definition) is 1. The van der Waals surface area contributed by atoms with Crippen molar-refractivity contribution in [2.45, 2.75) is 20.3 Å². The number of primary amides is 1. The van der Waals surface area contributed by atoms with E-state index in [1.54, 1.807) is 24.3 Å². The van der Waals surface area contributed by atoms with Crippen LogP contribution in [0.3, 0.4) is 0 Å². The highest BCUT2D eigenvalue weighted by molar-refractivity contribution is 5.78. The topological polar surface area (TPSA) is 75.9 Å². The molecule has 0 spiro atoms. The van der Waals surface area contributed by atoms with Crippen molar-refractivity contribution in [3.8, 4) is 5.75 Å². The van der Waals surface area contributed by atoms with Gasteiger partial charge in [0.1, 0.15) is 5.75 Å². The van der Waals surface area contributed by atoms with E-state index in [0.29, 0.717) is 24.8 Å². The molecule has 2 N–H and O–H groups in total. The maximum atomic E-state index is 12.4. The Morgan fingerprint density at radius 2 is 1.75 bits per heavy atom. The van der Waals surface area contributed by atoms with Crippen molar-refractivity contribution in [2.24, 2.45) is 11.7 Å². The second-order valence-corrected chi connectivity index (χ2v) is 6.61. The number of nitrogens with zero attached hydrogens (tertiary/aromatic N) is 2. The van der Waals surface area contributed by atoms with Gasteiger partial charge in [0.05, 0.1) is 6.42 Å². The molecule has 0 unspecified atom stereocenters. The van der Waals surface area contributed by atoms with Gasteiger partial charge in [-0.1, -0.05) is 26.0 Å². The summed E-state index contributed by atoms with van der Waals surface area (Å²) >= 11 is 0. The van der Waals surface area contributed by atoms with Gasteiger partial charge < -0.3 is 20.3 Å². The monoisotopic (exact) mass is 335 g/mol. The summed E-state index contributed by atoms with van der Waals surface area (Å²) in [7, 11) is 3.98. The van der Waals surface area contributed by atoms with Crippen LogP contribution in [0.4, 0.5) is 0 Å². The van der Waals surface area contributed by atoms with Crippen molar-refractivity contribution in [1.82, 2.24) is 9.80 Å². The third kappa shape index (κ3) is 7.97. The molecule has 1 aromatic carbocycles. The Morgan fingerprint density at radius 1 is 1.12 bits per heavy atom. The Morgan fingerprint density at radius 3 is 2.25 bits per heavy atom. The number of amides is 2. The van der Waals surface area contributed by atoms with Crippen LogP contribution in [0.25, 0.3) is 0 Å². The standard InChI is InChI=1S/C18H29N3O3/c1-14(2)12-21(10-9-20(3)4)18(23)13-24-16-7-5-15(6-8-16)11-17(19)22/h5-8,14H,9-13H2,1-4H3,(H2,19,22). The van der Waals surface area contributed by atoms with Crippen LogP contribution >= 0.6 is 0 Å². The molecule has 0 fully saturated rings. The lowest BCUT2D eigenvalue weighted by Crippen LogP contribution is -2.41. The zero-order chi connectivity index (χ0) is 18.1. The van der Waals surface area contributed by atoms with Crippen molar-refractivity contribution in [3.05, 3.63) is 29.8 Å². The van der Waals surface area contributed by atoms with E-state index in [9.17, 15) is 9.59 Å². The highest BCUT2D eigenvalue weighted by Gasteiger charge is 2.15. The van der Waals surface area contributed by atoms with E-state index < -0.39 is 0 Å². The van der Waals surface area contributed by atoms with Crippen molar-refractivity contribution in [1.29, 1.82) is 0 Å². The van der Waals surface area contributed by atoms with Crippen LogP contribution in [0.15, 0.2) is 24.3 Å². The van der Waals surface area contributed by atoms with Gasteiger partial charge in [0.2, 0.25) is 5.91 Å². The molecule has 0 heterocycles. The van der Waals surface area contributed by atoms with Gasteiger partial charge in [-0.3, -0.25) is 9.59 Å². The van der Waals surface area contributed by atoms with Gasteiger partial charge in [-0.25, -0.2) is 0 Å². The molecule has 0 radical (unpaired) electrons. The van der Waals surface area contributed by atoms with Crippen LogP contribution < -0.4 is 10.5 Å². The molecule has 6 heteroatoms. The summed E-state index contributed by atoms with van der Waals surface area (Å²) in [6.07, 6.45) is 0.200. The molecule has 0 saturated heterocycles. The Labute approximate surface area is 144 Å². The van der Waals surface area contributed by atoms with E-state index in [-0.39, 0.29) is 24.8 Å². The highest BCUT2D eigenvalue weighted by atomic mass is 16.5. The first-order chi connectivity index (χ1) is 11.3. The summed E-state index contributed by atoms with van der Waals surface area (Å²) in [5.74, 6) is 0.619. The Bertz CT molecular complexity index is 527. The van der Waals surface area contributed by atoms with Crippen molar-refractivity contribution < 1.29 is 14.3 Å². The van der Waals surface area contributed by atoms with Gasteiger partial charge >= 0.3 is 0 Å². The molecule has 134 valence electrons. The molecule has 1 aromatic rings. The SMILES string of the molecule is CC(C)CN(CCN(C)C)C(=O)COc1ccc(CC(N)=O)cc1. The lowest BCUT2D eigenvalue weighted by atomic mass is 10.1. The number of likely N-dealkylation sites (N-methyl/N-ethyl adjacent to an activating group) is 1. The van der Waals surface area contributed by atoms with E-state index in [4.69, 9.17) is 10.5 Å². The van der Waals surface area contributed by atoms with Crippen LogP contribution in [0.2, 0.25) is 0 Å². The van der Waals surface area contributed by atoms with Crippen LogP contribution in [-0.4, -0.2) is 62.0 Å². The number of carbonyl (C=O) groups is 2. The molecule has 1 rings (SSSR count). The number of rotatable bonds is 10. The summed E-state index contributed by atoms with van der Waals surface area (Å²) in [5, 5.41) is 0. The molecule has 0 aliphatic carbocycles. The number of nitrogens with two attached hydrogens (primary N) is 1. The third-order valence-corrected chi connectivity index (χ3v) is 3.42. The molecule has 6 nitrogen and oxygen atoms in total. The zero-order valence-corrected chi connectivity index (χ0v) is 15.1. The quantitative estimate of drug-likeness (QED) is 0.696. The van der Waals surface area contributed by atoms with Crippen LogP contribution in [0.5, 0.6) is 5.75 Å². The van der Waals surface area contributed by atoms with Crippen molar-refractivity contribution >= 4 is 11.8 Å². The summed E-state index contributed by atoms with van der Waals surface area (Å²) < 4.78 is 5.58. The third-order valence-electron chi connectivity index (χ3n) is 3.42. The number of hydrogen-bond acceptors (Lipinski definition) is 4. The van der Waals surface area contributed by atoms with Crippen molar-refractivity contribution in [3.63, 3.8) is 0 Å². The molecule has 0 aliphatic heterocycles. The lowest BCUT2D eigenvalue weighted by molar-refractivity contribution is -0.134. The normalized spacial score (nSPS) is 10.9. The summed E-state index contributed by atoms with van der Waals surface area (Å²) in [6.45, 7) is 6.41. The molecule has 24 heavy (non-hydrogen) atoms. The first-order valence-electron chi connectivity index (χ1n) is 8.20. The van der Waals surface area contributed by atoms with Gasteiger partial charge in [0, 0.05) is 19.6 Å². The fourth-order valence-corrected chi connectivity index (χ4v) is 2.22. The predicted octanol–water partition coefficient (Wildman–Crippen LogP) is 1.14. The average Bonchev–Trinajstić information content (AvgIpc) is 2.49. The minimum atomic E-state index is -0.371. The van der Waals surface area contributed by atoms with E-state index in [2.05, 4.69) is 18.7 Å². The molecule has 0 aliphatic rings. The van der Waals surface area contributed by atoms with Gasteiger partial charge in [-0.2, -0.15) is 0 Å². The molecular weight excluding hydrogens is 306 g/mol. The lowest BCUT2D eigenvalue weighted by Gasteiger charge is -2.26. The fourth-order valence-electron chi connectivity index (χ4n) is 2.22. The van der Waals surface area contributed by atoms with Gasteiger partial charge in [0.25, 0.3) is 5.91 Å². The summed E-state index contributed by atoms with van der Waals surface area (Å²) in [4.78, 5) is 27.2. The summed E-state index contributed by atoms with van der Waals surface area (Å²) in [5.41, 5.74) is 5.99. The molecule has 2 amide bonds. The van der Waals surface area contributed by atoms with Crippen LogP contribution in [0.1, 0.15) is 19.4 Å². The largest absolute Gasteiger partial charge is 0.484 e. The number of ether oxygens (including phenoxy) is 1.